The number of nitrogens with zero attached hydrogens (tertiary/aromatic N) is 4. The Balaban J connectivity index is 2.00. The summed E-state index contributed by atoms with van der Waals surface area (Å²) < 4.78 is 7.29. The summed E-state index contributed by atoms with van der Waals surface area (Å²) in [7, 11) is 0. The van der Waals surface area contributed by atoms with Gasteiger partial charge in [0.15, 0.2) is 10.8 Å². The minimum Gasteiger partial charge on any atom is -0.469 e. The Morgan fingerprint density at radius 2 is 2.11 bits per heavy atom. The molecule has 0 aliphatic rings. The molecule has 0 fully saturated rings. The van der Waals surface area contributed by atoms with Crippen molar-refractivity contribution in [1.29, 1.82) is 0 Å². The van der Waals surface area contributed by atoms with Crippen LogP contribution in [0.5, 0.6) is 0 Å². The highest BCUT2D eigenvalue weighted by Crippen LogP contribution is 2.19. The van der Waals surface area contributed by atoms with Crippen molar-refractivity contribution in [2.45, 2.75) is 26.7 Å². The average Bonchev–Trinajstić information content (AvgIpc) is 3.03. The molecule has 0 atom stereocenters. The van der Waals surface area contributed by atoms with Crippen molar-refractivity contribution >= 4 is 17.2 Å². The zero-order valence-electron chi connectivity index (χ0n) is 10.7. The summed E-state index contributed by atoms with van der Waals surface area (Å²) in [5.74, 6) is 1.81. The van der Waals surface area contributed by atoms with E-state index in [1.165, 1.54) is 0 Å². The molecule has 19 heavy (non-hydrogen) atoms. The summed E-state index contributed by atoms with van der Waals surface area (Å²) in [5.41, 5.74) is 2.51. The smallest absolute Gasteiger partial charge is 0.198 e. The van der Waals surface area contributed by atoms with E-state index in [4.69, 9.17) is 16.0 Å². The molecule has 3 rings (SSSR count). The third-order valence-corrected chi connectivity index (χ3v) is 3.47. The van der Waals surface area contributed by atoms with Gasteiger partial charge in [-0.1, -0.05) is 11.6 Å². The second kappa shape index (κ2) is 4.66. The first-order chi connectivity index (χ1) is 9.16. The van der Waals surface area contributed by atoms with E-state index in [1.54, 1.807) is 6.26 Å². The fourth-order valence-electron chi connectivity index (χ4n) is 2.09. The van der Waals surface area contributed by atoms with Gasteiger partial charge in [-0.2, -0.15) is 0 Å². The van der Waals surface area contributed by atoms with Crippen LogP contribution in [0.4, 0.5) is 0 Å². The second-order valence-corrected chi connectivity index (χ2v) is 4.79. The van der Waals surface area contributed by atoms with Gasteiger partial charge >= 0.3 is 0 Å². The predicted molar refractivity (Wildman–Crippen MR) is 71.4 cm³/mol. The number of fused-ring (bicyclic) bond motifs is 1. The number of aryl methyl sites for hydroxylation is 4. The number of aromatic nitrogens is 4. The molecule has 98 valence electrons. The first-order valence-corrected chi connectivity index (χ1v) is 6.43. The molecule has 0 aromatic carbocycles. The van der Waals surface area contributed by atoms with E-state index in [0.717, 1.165) is 35.8 Å². The molecule has 0 N–H and O–H groups in total. The van der Waals surface area contributed by atoms with Crippen LogP contribution in [0.1, 0.15) is 23.0 Å². The lowest BCUT2D eigenvalue weighted by Crippen LogP contribution is -2.04. The van der Waals surface area contributed by atoms with Crippen molar-refractivity contribution in [2.24, 2.45) is 0 Å². The van der Waals surface area contributed by atoms with Crippen molar-refractivity contribution in [1.82, 2.24) is 19.6 Å². The highest BCUT2D eigenvalue weighted by Gasteiger charge is 2.14. The zero-order valence-corrected chi connectivity index (χ0v) is 11.5. The lowest BCUT2D eigenvalue weighted by Gasteiger charge is -2.06. The van der Waals surface area contributed by atoms with Gasteiger partial charge in [0.05, 0.1) is 12.0 Å². The van der Waals surface area contributed by atoms with Crippen molar-refractivity contribution in [2.75, 3.05) is 0 Å². The Morgan fingerprint density at radius 1 is 1.26 bits per heavy atom. The molecule has 3 aromatic heterocycles. The first kappa shape index (κ1) is 12.2. The van der Waals surface area contributed by atoms with Crippen LogP contribution >= 0.6 is 11.6 Å². The SMILES string of the molecule is Cc1nc(Cl)c2nnc(CCc3ccco3)n2c1C. The highest BCUT2D eigenvalue weighted by molar-refractivity contribution is 6.32. The van der Waals surface area contributed by atoms with Crippen molar-refractivity contribution in [3.8, 4) is 0 Å². The molecule has 0 aliphatic carbocycles. The zero-order chi connectivity index (χ0) is 13.4. The summed E-state index contributed by atoms with van der Waals surface area (Å²) in [5, 5.41) is 8.70. The Morgan fingerprint density at radius 3 is 2.84 bits per heavy atom. The van der Waals surface area contributed by atoms with Crippen LogP contribution in [0.2, 0.25) is 5.15 Å². The standard InChI is InChI=1S/C13H13ClN4O/c1-8-9(2)18-11(6-5-10-4-3-7-19-10)16-17-13(18)12(14)15-8/h3-4,7H,5-6H2,1-2H3. The topological polar surface area (TPSA) is 56.2 Å². The second-order valence-electron chi connectivity index (χ2n) is 4.43. The maximum atomic E-state index is 6.09. The normalized spacial score (nSPS) is 11.3. The first-order valence-electron chi connectivity index (χ1n) is 6.06. The van der Waals surface area contributed by atoms with E-state index in [-0.39, 0.29) is 0 Å². The van der Waals surface area contributed by atoms with Gasteiger partial charge in [-0.15, -0.1) is 10.2 Å². The lowest BCUT2D eigenvalue weighted by atomic mass is 10.2. The summed E-state index contributed by atoms with van der Waals surface area (Å²) in [6.07, 6.45) is 3.20. The lowest BCUT2D eigenvalue weighted by molar-refractivity contribution is 0.506. The molecule has 3 heterocycles. The third kappa shape index (κ3) is 2.10. The van der Waals surface area contributed by atoms with Gasteiger partial charge < -0.3 is 4.42 Å². The maximum absolute atomic E-state index is 6.09. The highest BCUT2D eigenvalue weighted by atomic mass is 35.5. The predicted octanol–water partition coefficient (Wildman–Crippen LogP) is 2.77. The van der Waals surface area contributed by atoms with Crippen LogP contribution < -0.4 is 0 Å². The number of hydrogen-bond acceptors (Lipinski definition) is 4. The van der Waals surface area contributed by atoms with E-state index < -0.39 is 0 Å². The van der Waals surface area contributed by atoms with Crippen LogP contribution in [0.15, 0.2) is 22.8 Å². The van der Waals surface area contributed by atoms with Crippen molar-refractivity contribution in [3.05, 3.63) is 46.5 Å². The molecule has 6 heteroatoms. The fraction of sp³-hybridized carbons (Fsp3) is 0.308. The minimum atomic E-state index is 0.389. The van der Waals surface area contributed by atoms with Crippen molar-refractivity contribution < 1.29 is 4.42 Å². The molecule has 0 saturated carbocycles. The maximum Gasteiger partial charge on any atom is 0.198 e. The third-order valence-electron chi connectivity index (χ3n) is 3.21. The summed E-state index contributed by atoms with van der Waals surface area (Å²) in [4.78, 5) is 4.25. The van der Waals surface area contributed by atoms with Crippen LogP contribution in [0, 0.1) is 13.8 Å². The van der Waals surface area contributed by atoms with Gasteiger partial charge in [0, 0.05) is 18.5 Å². The van der Waals surface area contributed by atoms with Gasteiger partial charge in [0.2, 0.25) is 0 Å². The molecule has 0 aliphatic heterocycles. The summed E-state index contributed by atoms with van der Waals surface area (Å²) in [6.45, 7) is 3.92. The average molecular weight is 277 g/mol. The molecular formula is C13H13ClN4O. The largest absolute Gasteiger partial charge is 0.469 e. The van der Waals surface area contributed by atoms with Crippen molar-refractivity contribution in [3.63, 3.8) is 0 Å². The molecule has 5 nitrogen and oxygen atoms in total. The quantitative estimate of drug-likeness (QED) is 0.738. The van der Waals surface area contributed by atoms with Crippen LogP contribution in [-0.2, 0) is 12.8 Å². The van der Waals surface area contributed by atoms with E-state index in [0.29, 0.717) is 10.8 Å². The molecular weight excluding hydrogens is 264 g/mol. The van der Waals surface area contributed by atoms with Crippen LogP contribution in [0.3, 0.4) is 0 Å². The number of furan rings is 1. The molecule has 0 saturated heterocycles. The Bertz CT molecular complexity index is 718. The number of halogens is 1. The fourth-order valence-corrected chi connectivity index (χ4v) is 2.34. The summed E-state index contributed by atoms with van der Waals surface area (Å²) in [6, 6.07) is 3.84. The van der Waals surface area contributed by atoms with E-state index in [2.05, 4.69) is 15.2 Å². The van der Waals surface area contributed by atoms with Crippen LogP contribution in [-0.4, -0.2) is 19.6 Å². The van der Waals surface area contributed by atoms with E-state index >= 15 is 0 Å². The summed E-state index contributed by atoms with van der Waals surface area (Å²) >= 11 is 6.09. The Labute approximate surface area is 115 Å². The van der Waals surface area contributed by atoms with Gasteiger partial charge in [-0.3, -0.25) is 4.40 Å². The van der Waals surface area contributed by atoms with E-state index in [9.17, 15) is 0 Å². The Hall–Kier alpha value is -1.88. The molecule has 0 bridgehead atoms. The Kier molecular flexibility index (Phi) is 2.98. The van der Waals surface area contributed by atoms with Gasteiger partial charge in [-0.05, 0) is 26.0 Å². The molecule has 0 amide bonds. The minimum absolute atomic E-state index is 0.389. The molecule has 0 radical (unpaired) electrons. The number of rotatable bonds is 3. The monoisotopic (exact) mass is 276 g/mol. The molecule has 3 aromatic rings. The van der Waals surface area contributed by atoms with Gasteiger partial charge in [-0.25, -0.2) is 4.98 Å². The van der Waals surface area contributed by atoms with E-state index in [1.807, 2.05) is 30.4 Å². The molecule has 0 spiro atoms. The van der Waals surface area contributed by atoms with Gasteiger partial charge in [0.25, 0.3) is 0 Å². The molecule has 0 unspecified atom stereocenters. The van der Waals surface area contributed by atoms with Crippen LogP contribution in [0.25, 0.3) is 5.65 Å². The number of hydrogen-bond donors (Lipinski definition) is 0. The van der Waals surface area contributed by atoms with Gasteiger partial charge in [0.1, 0.15) is 11.6 Å².